The van der Waals surface area contributed by atoms with E-state index >= 15 is 0 Å². The fourth-order valence-electron chi connectivity index (χ4n) is 1.97. The first-order valence-corrected chi connectivity index (χ1v) is 7.48. The average molecular weight is 309 g/mol. The standard InChI is InChI=1S/C13H19N5O2S/c1-7(2)6-18-11(14)10(12(19)17-13(18)20)16-5-9-4-15-8(3)21-9/h4,7,16H,5-6,14H2,1-3H3,(H,17,19,20). The van der Waals surface area contributed by atoms with Crippen molar-refractivity contribution in [2.45, 2.75) is 33.9 Å². The molecule has 0 radical (unpaired) electrons. The molecule has 2 rings (SSSR count). The molecule has 0 unspecified atom stereocenters. The number of aryl methyl sites for hydroxylation is 1. The highest BCUT2D eigenvalue weighted by Crippen LogP contribution is 2.16. The number of hydrogen-bond donors (Lipinski definition) is 3. The Hall–Kier alpha value is -2.09. The van der Waals surface area contributed by atoms with Crippen molar-refractivity contribution in [3.8, 4) is 0 Å². The van der Waals surface area contributed by atoms with E-state index in [2.05, 4.69) is 15.3 Å². The zero-order chi connectivity index (χ0) is 15.6. The van der Waals surface area contributed by atoms with Crippen LogP contribution in [-0.4, -0.2) is 14.5 Å². The zero-order valence-electron chi connectivity index (χ0n) is 12.3. The average Bonchev–Trinajstić information content (AvgIpc) is 2.80. The molecule has 0 bridgehead atoms. The van der Waals surface area contributed by atoms with Crippen LogP contribution in [0.15, 0.2) is 15.8 Å². The van der Waals surface area contributed by atoms with E-state index in [4.69, 9.17) is 5.73 Å². The number of aromatic nitrogens is 3. The minimum absolute atomic E-state index is 0.165. The van der Waals surface area contributed by atoms with Crippen LogP contribution in [0.4, 0.5) is 11.5 Å². The van der Waals surface area contributed by atoms with Crippen molar-refractivity contribution in [3.05, 3.63) is 36.9 Å². The molecule has 2 aromatic rings. The summed E-state index contributed by atoms with van der Waals surface area (Å²) in [5.74, 6) is 0.409. The predicted octanol–water partition coefficient (Wildman–Crippen LogP) is 1.15. The van der Waals surface area contributed by atoms with E-state index in [1.165, 1.54) is 4.57 Å². The van der Waals surface area contributed by atoms with Gasteiger partial charge in [0, 0.05) is 17.6 Å². The van der Waals surface area contributed by atoms with E-state index < -0.39 is 11.2 Å². The van der Waals surface area contributed by atoms with Crippen LogP contribution in [-0.2, 0) is 13.1 Å². The number of rotatable bonds is 5. The highest BCUT2D eigenvalue weighted by atomic mass is 32.1. The summed E-state index contributed by atoms with van der Waals surface area (Å²) < 4.78 is 1.38. The SMILES string of the molecule is Cc1ncc(CNc2c(N)n(CC(C)C)c(=O)[nH]c2=O)s1. The minimum atomic E-state index is -0.501. The summed E-state index contributed by atoms with van der Waals surface area (Å²) in [5, 5.41) is 3.95. The van der Waals surface area contributed by atoms with Crippen molar-refractivity contribution in [3.63, 3.8) is 0 Å². The van der Waals surface area contributed by atoms with Gasteiger partial charge in [-0.05, 0) is 12.8 Å². The zero-order valence-corrected chi connectivity index (χ0v) is 13.1. The number of nitrogens with two attached hydrogens (primary N) is 1. The smallest absolute Gasteiger partial charge is 0.330 e. The molecule has 7 nitrogen and oxygen atoms in total. The monoisotopic (exact) mass is 309 g/mol. The highest BCUT2D eigenvalue weighted by molar-refractivity contribution is 7.11. The quantitative estimate of drug-likeness (QED) is 0.768. The summed E-state index contributed by atoms with van der Waals surface area (Å²) in [6, 6.07) is 0. The first-order valence-electron chi connectivity index (χ1n) is 6.66. The molecule has 0 aliphatic carbocycles. The van der Waals surface area contributed by atoms with Crippen LogP contribution in [0.5, 0.6) is 0 Å². The number of nitrogens with one attached hydrogen (secondary N) is 2. The van der Waals surface area contributed by atoms with Gasteiger partial charge < -0.3 is 11.1 Å². The van der Waals surface area contributed by atoms with E-state index in [9.17, 15) is 9.59 Å². The molecule has 0 fully saturated rings. The number of hydrogen-bond acceptors (Lipinski definition) is 6. The summed E-state index contributed by atoms with van der Waals surface area (Å²) >= 11 is 1.54. The Labute approximate surface area is 125 Å². The van der Waals surface area contributed by atoms with E-state index in [1.807, 2.05) is 20.8 Å². The Morgan fingerprint density at radius 2 is 2.19 bits per heavy atom. The summed E-state index contributed by atoms with van der Waals surface area (Å²) in [7, 11) is 0. The number of anilines is 2. The molecule has 0 atom stereocenters. The van der Waals surface area contributed by atoms with Crippen LogP contribution < -0.4 is 22.3 Å². The van der Waals surface area contributed by atoms with Gasteiger partial charge in [0.05, 0.1) is 11.6 Å². The lowest BCUT2D eigenvalue weighted by Gasteiger charge is -2.14. The lowest BCUT2D eigenvalue weighted by Crippen LogP contribution is -2.35. The first-order chi connectivity index (χ1) is 9.88. The number of thiazole rings is 1. The molecule has 0 saturated carbocycles. The van der Waals surface area contributed by atoms with Crippen molar-refractivity contribution in [1.29, 1.82) is 0 Å². The second kappa shape index (κ2) is 6.13. The van der Waals surface area contributed by atoms with E-state index in [0.29, 0.717) is 13.1 Å². The second-order valence-corrected chi connectivity index (χ2v) is 6.54. The molecular formula is C13H19N5O2S. The predicted molar refractivity (Wildman–Crippen MR) is 84.8 cm³/mol. The Morgan fingerprint density at radius 1 is 1.48 bits per heavy atom. The van der Waals surface area contributed by atoms with Crippen LogP contribution in [0.1, 0.15) is 23.7 Å². The maximum Gasteiger partial charge on any atom is 0.330 e. The molecule has 2 heterocycles. The minimum Gasteiger partial charge on any atom is -0.383 e. The maximum absolute atomic E-state index is 11.9. The largest absolute Gasteiger partial charge is 0.383 e. The van der Waals surface area contributed by atoms with Gasteiger partial charge in [0.15, 0.2) is 0 Å². The normalized spacial score (nSPS) is 11.0. The highest BCUT2D eigenvalue weighted by Gasteiger charge is 2.13. The number of aromatic amines is 1. The summed E-state index contributed by atoms with van der Waals surface area (Å²) in [4.78, 5) is 31.2. The van der Waals surface area contributed by atoms with Crippen molar-refractivity contribution in [2.24, 2.45) is 5.92 Å². The van der Waals surface area contributed by atoms with Gasteiger partial charge in [-0.2, -0.15) is 0 Å². The van der Waals surface area contributed by atoms with Gasteiger partial charge in [-0.1, -0.05) is 13.8 Å². The molecule has 2 aromatic heterocycles. The molecule has 0 amide bonds. The van der Waals surface area contributed by atoms with E-state index in [-0.39, 0.29) is 17.4 Å². The van der Waals surface area contributed by atoms with Crippen LogP contribution >= 0.6 is 11.3 Å². The van der Waals surface area contributed by atoms with E-state index in [0.717, 1.165) is 9.88 Å². The van der Waals surface area contributed by atoms with Crippen LogP contribution in [0.25, 0.3) is 0 Å². The van der Waals surface area contributed by atoms with E-state index in [1.54, 1.807) is 17.5 Å². The van der Waals surface area contributed by atoms with Crippen LogP contribution in [0.2, 0.25) is 0 Å². The first kappa shape index (κ1) is 15.3. The van der Waals surface area contributed by atoms with Gasteiger partial charge in [-0.3, -0.25) is 14.3 Å². The van der Waals surface area contributed by atoms with Crippen molar-refractivity contribution >= 4 is 22.8 Å². The lowest BCUT2D eigenvalue weighted by atomic mass is 10.2. The number of H-pyrrole nitrogens is 1. The van der Waals surface area contributed by atoms with Crippen molar-refractivity contribution in [2.75, 3.05) is 11.1 Å². The van der Waals surface area contributed by atoms with Gasteiger partial charge >= 0.3 is 5.69 Å². The molecule has 0 spiro atoms. The third kappa shape index (κ3) is 3.52. The molecule has 21 heavy (non-hydrogen) atoms. The Morgan fingerprint density at radius 3 is 2.76 bits per heavy atom. The van der Waals surface area contributed by atoms with Crippen LogP contribution in [0, 0.1) is 12.8 Å². The molecule has 8 heteroatoms. The summed E-state index contributed by atoms with van der Waals surface area (Å²) in [5.41, 5.74) is 5.21. The molecular weight excluding hydrogens is 290 g/mol. The second-order valence-electron chi connectivity index (χ2n) is 5.22. The third-order valence-electron chi connectivity index (χ3n) is 2.90. The summed E-state index contributed by atoms with van der Waals surface area (Å²) in [6.45, 7) is 6.76. The van der Waals surface area contributed by atoms with Crippen molar-refractivity contribution in [1.82, 2.24) is 14.5 Å². The maximum atomic E-state index is 11.9. The Kier molecular flexibility index (Phi) is 4.46. The van der Waals surface area contributed by atoms with Gasteiger partial charge in [0.25, 0.3) is 5.56 Å². The molecule has 0 saturated heterocycles. The lowest BCUT2D eigenvalue weighted by molar-refractivity contribution is 0.508. The Bertz CT molecular complexity index is 744. The number of nitrogen functional groups attached to an aromatic ring is 1. The molecule has 4 N–H and O–H groups in total. The molecule has 0 aliphatic heterocycles. The topological polar surface area (TPSA) is 106 Å². The fraction of sp³-hybridized carbons (Fsp3) is 0.462. The third-order valence-corrected chi connectivity index (χ3v) is 3.81. The number of nitrogens with zero attached hydrogens (tertiary/aromatic N) is 2. The molecule has 0 aromatic carbocycles. The van der Waals surface area contributed by atoms with Gasteiger partial charge in [0.2, 0.25) is 0 Å². The van der Waals surface area contributed by atoms with Gasteiger partial charge in [0.1, 0.15) is 11.5 Å². The summed E-state index contributed by atoms with van der Waals surface area (Å²) in [6.07, 6.45) is 1.75. The van der Waals surface area contributed by atoms with Crippen molar-refractivity contribution < 1.29 is 0 Å². The molecule has 114 valence electrons. The van der Waals surface area contributed by atoms with Gasteiger partial charge in [-0.25, -0.2) is 9.78 Å². The Balaban J connectivity index is 2.30. The fourth-order valence-corrected chi connectivity index (χ4v) is 2.70. The van der Waals surface area contributed by atoms with Crippen LogP contribution in [0.3, 0.4) is 0 Å². The van der Waals surface area contributed by atoms with Gasteiger partial charge in [-0.15, -0.1) is 11.3 Å². The molecule has 0 aliphatic rings.